The van der Waals surface area contributed by atoms with Gasteiger partial charge in [-0.1, -0.05) is 28.8 Å². The average Bonchev–Trinajstić information content (AvgIpc) is 2.94. The van der Waals surface area contributed by atoms with Gasteiger partial charge in [-0.3, -0.25) is 0 Å². The Labute approximate surface area is 105 Å². The molecule has 0 bridgehead atoms. The van der Waals surface area contributed by atoms with Crippen molar-refractivity contribution in [1.29, 1.82) is 0 Å². The molecule has 16 heavy (non-hydrogen) atoms. The molecule has 0 atom stereocenters. The summed E-state index contributed by atoms with van der Waals surface area (Å²) in [7, 11) is 1.73. The number of rotatable bonds is 5. The zero-order valence-corrected chi connectivity index (χ0v) is 11.2. The fraction of sp³-hybridized carbons (Fsp3) is 0.818. The van der Waals surface area contributed by atoms with Gasteiger partial charge in [-0.15, -0.1) is 10.2 Å². The summed E-state index contributed by atoms with van der Waals surface area (Å²) < 4.78 is 7.36. The number of aromatic nitrogens is 3. The van der Waals surface area contributed by atoms with Gasteiger partial charge in [0.05, 0.1) is 11.9 Å². The lowest BCUT2D eigenvalue weighted by Crippen LogP contribution is -2.13. The number of alkyl halides is 1. The predicted octanol–water partition coefficient (Wildman–Crippen LogP) is 2.48. The maximum Gasteiger partial charge on any atom is 0.143 e. The smallest absolute Gasteiger partial charge is 0.143 e. The molecule has 0 spiro atoms. The molecule has 0 aromatic carbocycles. The Kier molecular flexibility index (Phi) is 4.35. The van der Waals surface area contributed by atoms with Crippen molar-refractivity contribution in [3.63, 3.8) is 0 Å². The van der Waals surface area contributed by atoms with E-state index in [2.05, 4.69) is 30.7 Å². The van der Waals surface area contributed by atoms with E-state index in [0.717, 1.165) is 30.1 Å². The maximum atomic E-state index is 5.14. The summed E-state index contributed by atoms with van der Waals surface area (Å²) in [6.45, 7) is 1.58. The van der Waals surface area contributed by atoms with Crippen LogP contribution in [0, 0.1) is 0 Å². The Bertz CT molecular complexity index is 334. The van der Waals surface area contributed by atoms with Crippen LogP contribution < -0.4 is 0 Å². The summed E-state index contributed by atoms with van der Waals surface area (Å²) in [5, 5.41) is 9.35. The number of methoxy groups -OCH3 is 1. The maximum absolute atomic E-state index is 5.14. The summed E-state index contributed by atoms with van der Waals surface area (Å²) in [6, 6.07) is 0. The zero-order valence-electron chi connectivity index (χ0n) is 9.65. The minimum atomic E-state index is 0.608. The van der Waals surface area contributed by atoms with Gasteiger partial charge >= 0.3 is 0 Å². The summed E-state index contributed by atoms with van der Waals surface area (Å²) in [5.41, 5.74) is 0. The van der Waals surface area contributed by atoms with Crippen LogP contribution in [-0.4, -0.2) is 28.5 Å². The van der Waals surface area contributed by atoms with Crippen LogP contribution >= 0.6 is 15.9 Å². The minimum Gasteiger partial charge on any atom is -0.383 e. The summed E-state index contributed by atoms with van der Waals surface area (Å²) >= 11 is 3.46. The second kappa shape index (κ2) is 5.77. The molecule has 1 fully saturated rings. The van der Waals surface area contributed by atoms with E-state index in [4.69, 9.17) is 4.74 Å². The molecule has 90 valence electrons. The lowest BCUT2D eigenvalue weighted by molar-refractivity contribution is 0.185. The van der Waals surface area contributed by atoms with E-state index >= 15 is 0 Å². The molecule has 0 radical (unpaired) electrons. The highest BCUT2D eigenvalue weighted by atomic mass is 79.9. The van der Waals surface area contributed by atoms with Gasteiger partial charge in [0.2, 0.25) is 0 Å². The number of hydrogen-bond acceptors (Lipinski definition) is 3. The molecule has 0 N–H and O–H groups in total. The normalized spacial score (nSPS) is 17.1. The quantitative estimate of drug-likeness (QED) is 0.781. The van der Waals surface area contributed by atoms with Gasteiger partial charge in [-0.2, -0.15) is 0 Å². The van der Waals surface area contributed by atoms with Crippen molar-refractivity contribution in [1.82, 2.24) is 14.8 Å². The van der Waals surface area contributed by atoms with E-state index in [0.29, 0.717) is 5.92 Å². The Morgan fingerprint density at radius 1 is 1.38 bits per heavy atom. The number of nitrogens with zero attached hydrogens (tertiary/aromatic N) is 3. The summed E-state index contributed by atoms with van der Waals surface area (Å²) in [6.07, 6.45) is 5.16. The van der Waals surface area contributed by atoms with E-state index < -0.39 is 0 Å². The van der Waals surface area contributed by atoms with Gasteiger partial charge in [0.25, 0.3) is 0 Å². The van der Waals surface area contributed by atoms with Gasteiger partial charge in [-0.05, 0) is 12.8 Å². The van der Waals surface area contributed by atoms with E-state index in [1.54, 1.807) is 7.11 Å². The van der Waals surface area contributed by atoms with Crippen LogP contribution in [0.2, 0.25) is 0 Å². The third-order valence-corrected chi connectivity index (χ3v) is 3.72. The zero-order chi connectivity index (χ0) is 11.4. The second-order valence-electron chi connectivity index (χ2n) is 4.23. The van der Waals surface area contributed by atoms with Gasteiger partial charge in [-0.25, -0.2) is 0 Å². The Balaban J connectivity index is 2.18. The first-order valence-corrected chi connectivity index (χ1v) is 6.96. The van der Waals surface area contributed by atoms with Crippen LogP contribution in [0.1, 0.15) is 43.3 Å². The fourth-order valence-corrected chi connectivity index (χ4v) is 2.78. The van der Waals surface area contributed by atoms with Gasteiger partial charge in [0, 0.05) is 19.6 Å². The standard InChI is InChI=1S/C11H18BrN3O/c1-16-7-6-15-10(8-12)13-14-11(15)9-4-2-3-5-9/h9H,2-8H2,1H3. The second-order valence-corrected chi connectivity index (χ2v) is 4.79. The van der Waals surface area contributed by atoms with Crippen LogP contribution in [-0.2, 0) is 16.6 Å². The molecule has 0 saturated heterocycles. The van der Waals surface area contributed by atoms with Crippen LogP contribution in [0.15, 0.2) is 0 Å². The van der Waals surface area contributed by atoms with Crippen molar-refractivity contribution in [2.75, 3.05) is 13.7 Å². The number of halogens is 1. The molecule has 0 unspecified atom stereocenters. The van der Waals surface area contributed by atoms with Crippen molar-refractivity contribution in [3.8, 4) is 0 Å². The number of ether oxygens (including phenoxy) is 1. The molecule has 1 aromatic rings. The monoisotopic (exact) mass is 287 g/mol. The fourth-order valence-electron chi connectivity index (χ4n) is 2.36. The third-order valence-electron chi connectivity index (χ3n) is 3.21. The highest BCUT2D eigenvalue weighted by molar-refractivity contribution is 9.08. The SMILES string of the molecule is COCCn1c(CBr)nnc1C1CCCC1. The van der Waals surface area contributed by atoms with E-state index in [-0.39, 0.29) is 0 Å². The van der Waals surface area contributed by atoms with Gasteiger partial charge in [0.1, 0.15) is 11.6 Å². The largest absolute Gasteiger partial charge is 0.383 e. The molecule has 0 aliphatic heterocycles. The molecule has 2 rings (SSSR count). The third kappa shape index (κ3) is 2.46. The van der Waals surface area contributed by atoms with Crippen LogP contribution in [0.3, 0.4) is 0 Å². The minimum absolute atomic E-state index is 0.608. The lowest BCUT2D eigenvalue weighted by Gasteiger charge is -2.12. The highest BCUT2D eigenvalue weighted by Crippen LogP contribution is 2.33. The van der Waals surface area contributed by atoms with E-state index in [9.17, 15) is 0 Å². The van der Waals surface area contributed by atoms with Crippen molar-refractivity contribution in [2.45, 2.75) is 43.5 Å². The highest BCUT2D eigenvalue weighted by Gasteiger charge is 2.23. The van der Waals surface area contributed by atoms with Crippen LogP contribution in [0.5, 0.6) is 0 Å². The first-order valence-electron chi connectivity index (χ1n) is 5.83. The van der Waals surface area contributed by atoms with Crippen LogP contribution in [0.4, 0.5) is 0 Å². The molecule has 1 aromatic heterocycles. The van der Waals surface area contributed by atoms with Crippen molar-refractivity contribution in [3.05, 3.63) is 11.6 Å². The lowest BCUT2D eigenvalue weighted by atomic mass is 10.1. The first-order chi connectivity index (χ1) is 7.86. The molecular formula is C11H18BrN3O. The summed E-state index contributed by atoms with van der Waals surface area (Å²) in [4.78, 5) is 0. The Morgan fingerprint density at radius 3 is 2.75 bits per heavy atom. The van der Waals surface area contributed by atoms with Crippen molar-refractivity contribution in [2.24, 2.45) is 0 Å². The molecule has 1 aliphatic rings. The van der Waals surface area contributed by atoms with Gasteiger partial charge < -0.3 is 9.30 Å². The van der Waals surface area contributed by atoms with Crippen molar-refractivity contribution < 1.29 is 4.74 Å². The molecule has 4 nitrogen and oxygen atoms in total. The molecule has 5 heteroatoms. The molecule has 1 heterocycles. The topological polar surface area (TPSA) is 39.9 Å². The molecular weight excluding hydrogens is 270 g/mol. The van der Waals surface area contributed by atoms with Gasteiger partial charge in [0.15, 0.2) is 0 Å². The molecule has 0 amide bonds. The number of hydrogen-bond donors (Lipinski definition) is 0. The van der Waals surface area contributed by atoms with Crippen molar-refractivity contribution >= 4 is 15.9 Å². The van der Waals surface area contributed by atoms with Crippen LogP contribution in [0.25, 0.3) is 0 Å². The first kappa shape index (κ1) is 12.0. The van der Waals surface area contributed by atoms with E-state index in [1.807, 2.05) is 0 Å². The summed E-state index contributed by atoms with van der Waals surface area (Å²) in [5.74, 6) is 2.78. The predicted molar refractivity (Wildman–Crippen MR) is 65.7 cm³/mol. The Hall–Kier alpha value is -0.420. The Morgan fingerprint density at radius 2 is 2.12 bits per heavy atom. The van der Waals surface area contributed by atoms with E-state index in [1.165, 1.54) is 25.7 Å². The molecule has 1 aliphatic carbocycles. The molecule has 1 saturated carbocycles. The average molecular weight is 288 g/mol.